The van der Waals surface area contributed by atoms with Crippen LogP contribution in [-0.2, 0) is 18.3 Å². The lowest BCUT2D eigenvalue weighted by Gasteiger charge is -2.16. The predicted molar refractivity (Wildman–Crippen MR) is 138 cm³/mol. The second-order valence-corrected chi connectivity index (χ2v) is 10.7. The third-order valence-corrected chi connectivity index (χ3v) is 8.30. The van der Waals surface area contributed by atoms with E-state index in [1.807, 2.05) is 55.5 Å². The Morgan fingerprint density at radius 1 is 1.12 bits per heavy atom. The summed E-state index contributed by atoms with van der Waals surface area (Å²) in [5, 5.41) is 0.680. The van der Waals surface area contributed by atoms with E-state index in [2.05, 4.69) is 0 Å². The van der Waals surface area contributed by atoms with Crippen LogP contribution in [0.1, 0.15) is 29.8 Å². The summed E-state index contributed by atoms with van der Waals surface area (Å²) in [6, 6.07) is 17.3. The van der Waals surface area contributed by atoms with E-state index in [1.165, 1.54) is 27.7 Å². The van der Waals surface area contributed by atoms with Crippen LogP contribution in [0, 0.1) is 0 Å². The summed E-state index contributed by atoms with van der Waals surface area (Å²) in [6.45, 7) is 4.03. The minimum absolute atomic E-state index is 0.00753. The first-order chi connectivity index (χ1) is 16.3. The minimum atomic E-state index is -0.424. The van der Waals surface area contributed by atoms with Crippen LogP contribution in [0.2, 0.25) is 0 Å². The number of benzene rings is 2. The Hall–Kier alpha value is -3.23. The molecule has 2 aromatic carbocycles. The Morgan fingerprint density at radius 3 is 2.62 bits per heavy atom. The molecule has 1 aliphatic heterocycles. The molecule has 4 aromatic rings. The first-order valence-corrected chi connectivity index (χ1v) is 12.7. The fourth-order valence-corrected chi connectivity index (χ4v) is 6.26. The van der Waals surface area contributed by atoms with E-state index in [-0.39, 0.29) is 17.2 Å². The number of amides is 1. The quantitative estimate of drug-likeness (QED) is 0.226. The fraction of sp³-hybridized carbons (Fsp3) is 0.231. The standard InChI is InChI=1S/C26H23N3O3S2/c1-15(23(31)19-9-10-21-18(13-19)11-12-29(21)16(2)30)33-26-27-24-20(25(32)28(26)3)14-22(34-24)17-7-5-4-6-8-17/h4-10,13-15H,11-12H2,1-3H3. The number of thioether (sulfide) groups is 1. The predicted octanol–water partition coefficient (Wildman–Crippen LogP) is 4.93. The Labute approximate surface area is 205 Å². The molecule has 172 valence electrons. The van der Waals surface area contributed by atoms with Crippen molar-refractivity contribution < 1.29 is 9.59 Å². The van der Waals surface area contributed by atoms with Crippen molar-refractivity contribution in [1.29, 1.82) is 0 Å². The summed E-state index contributed by atoms with van der Waals surface area (Å²) in [6.07, 6.45) is 0.742. The van der Waals surface area contributed by atoms with E-state index in [9.17, 15) is 14.4 Å². The number of ketones is 1. The zero-order valence-electron chi connectivity index (χ0n) is 19.1. The van der Waals surface area contributed by atoms with Crippen molar-refractivity contribution in [3.63, 3.8) is 0 Å². The van der Waals surface area contributed by atoms with Gasteiger partial charge in [-0.2, -0.15) is 0 Å². The molecule has 0 saturated heterocycles. The average molecular weight is 490 g/mol. The number of Topliss-reactive ketones (excluding diaryl/α,β-unsaturated/α-hetero) is 1. The van der Waals surface area contributed by atoms with Gasteiger partial charge in [-0.1, -0.05) is 42.1 Å². The average Bonchev–Trinajstić information content (AvgIpc) is 3.46. The Kier molecular flexibility index (Phi) is 5.87. The molecular weight excluding hydrogens is 466 g/mol. The van der Waals surface area contributed by atoms with Gasteiger partial charge in [0.1, 0.15) is 4.83 Å². The molecule has 0 radical (unpaired) electrons. The SMILES string of the molecule is CC(=O)N1CCc2cc(C(=O)C(C)Sc3nc4sc(-c5ccccc5)cc4c(=O)n3C)ccc21. The monoisotopic (exact) mass is 489 g/mol. The zero-order valence-corrected chi connectivity index (χ0v) is 20.7. The Morgan fingerprint density at radius 2 is 1.88 bits per heavy atom. The number of hydrogen-bond donors (Lipinski definition) is 0. The lowest BCUT2D eigenvalue weighted by molar-refractivity contribution is -0.116. The number of rotatable bonds is 5. The van der Waals surface area contributed by atoms with Crippen molar-refractivity contribution >= 4 is 50.7 Å². The van der Waals surface area contributed by atoms with Gasteiger partial charge < -0.3 is 4.90 Å². The van der Waals surface area contributed by atoms with Crippen molar-refractivity contribution in [2.24, 2.45) is 7.05 Å². The van der Waals surface area contributed by atoms with E-state index in [4.69, 9.17) is 4.98 Å². The topological polar surface area (TPSA) is 72.3 Å². The molecule has 1 atom stereocenters. The van der Waals surface area contributed by atoms with Gasteiger partial charge in [-0.05, 0) is 48.7 Å². The lowest BCUT2D eigenvalue weighted by atomic mass is 10.0. The van der Waals surface area contributed by atoms with Crippen LogP contribution in [0.5, 0.6) is 0 Å². The Bertz CT molecular complexity index is 1490. The highest BCUT2D eigenvalue weighted by Crippen LogP contribution is 2.34. The van der Waals surface area contributed by atoms with E-state index < -0.39 is 5.25 Å². The van der Waals surface area contributed by atoms with Gasteiger partial charge in [0.15, 0.2) is 10.9 Å². The van der Waals surface area contributed by atoms with Crippen LogP contribution in [0.4, 0.5) is 5.69 Å². The van der Waals surface area contributed by atoms with Crippen LogP contribution in [0.15, 0.2) is 64.5 Å². The number of hydrogen-bond acceptors (Lipinski definition) is 6. The van der Waals surface area contributed by atoms with Gasteiger partial charge in [0.05, 0.1) is 10.6 Å². The fourth-order valence-electron chi connectivity index (χ4n) is 4.23. The normalized spacial score (nSPS) is 13.8. The molecule has 0 saturated carbocycles. The van der Waals surface area contributed by atoms with Crippen LogP contribution in [0.25, 0.3) is 20.7 Å². The first-order valence-electron chi connectivity index (χ1n) is 11.0. The highest BCUT2D eigenvalue weighted by molar-refractivity contribution is 8.00. The summed E-state index contributed by atoms with van der Waals surface area (Å²) in [5.74, 6) is -0.0206. The molecule has 34 heavy (non-hydrogen) atoms. The largest absolute Gasteiger partial charge is 0.312 e. The van der Waals surface area contributed by atoms with E-state index in [1.54, 1.807) is 24.9 Å². The third kappa shape index (κ3) is 3.97. The maximum Gasteiger partial charge on any atom is 0.262 e. The van der Waals surface area contributed by atoms with Gasteiger partial charge in [0.2, 0.25) is 5.91 Å². The maximum atomic E-state index is 13.2. The van der Waals surface area contributed by atoms with Crippen molar-refractivity contribution in [2.45, 2.75) is 30.7 Å². The second-order valence-electron chi connectivity index (χ2n) is 8.34. The zero-order chi connectivity index (χ0) is 24.0. The van der Waals surface area contributed by atoms with Gasteiger partial charge in [0.25, 0.3) is 5.56 Å². The van der Waals surface area contributed by atoms with Crippen LogP contribution in [-0.4, -0.2) is 33.0 Å². The lowest BCUT2D eigenvalue weighted by Crippen LogP contribution is -2.25. The molecular formula is C26H23N3O3S2. The second kappa shape index (κ2) is 8.85. The minimum Gasteiger partial charge on any atom is -0.312 e. The number of fused-ring (bicyclic) bond motifs is 2. The molecule has 5 rings (SSSR count). The summed E-state index contributed by atoms with van der Waals surface area (Å²) >= 11 is 2.77. The van der Waals surface area contributed by atoms with Gasteiger partial charge in [-0.25, -0.2) is 4.98 Å². The van der Waals surface area contributed by atoms with Gasteiger partial charge >= 0.3 is 0 Å². The Balaban J connectivity index is 1.42. The third-order valence-electron chi connectivity index (χ3n) is 6.08. The molecule has 0 fully saturated rings. The molecule has 0 N–H and O–H groups in total. The number of thiophene rings is 1. The van der Waals surface area contributed by atoms with Crippen molar-refractivity contribution in [3.8, 4) is 10.4 Å². The maximum absolute atomic E-state index is 13.2. The van der Waals surface area contributed by atoms with Gasteiger partial charge in [-0.3, -0.25) is 19.0 Å². The summed E-state index contributed by atoms with van der Waals surface area (Å²) in [7, 11) is 1.69. The van der Waals surface area contributed by atoms with Crippen molar-refractivity contribution in [2.75, 3.05) is 11.4 Å². The summed E-state index contributed by atoms with van der Waals surface area (Å²) in [5.41, 5.74) is 3.43. The number of carbonyl (C=O) groups excluding carboxylic acids is 2. The van der Waals surface area contributed by atoms with Crippen LogP contribution >= 0.6 is 23.1 Å². The number of carbonyl (C=O) groups is 2. The van der Waals surface area contributed by atoms with Gasteiger partial charge in [0, 0.05) is 36.6 Å². The van der Waals surface area contributed by atoms with E-state index in [0.717, 1.165) is 28.1 Å². The number of aromatic nitrogens is 2. The molecule has 8 heteroatoms. The molecule has 0 spiro atoms. The summed E-state index contributed by atoms with van der Waals surface area (Å²) < 4.78 is 1.52. The van der Waals surface area contributed by atoms with Crippen LogP contribution < -0.4 is 10.5 Å². The molecule has 3 heterocycles. The number of anilines is 1. The highest BCUT2D eigenvalue weighted by Gasteiger charge is 2.25. The molecule has 1 aliphatic rings. The smallest absolute Gasteiger partial charge is 0.262 e. The molecule has 2 aromatic heterocycles. The van der Waals surface area contributed by atoms with E-state index in [0.29, 0.717) is 27.5 Å². The highest BCUT2D eigenvalue weighted by atomic mass is 32.2. The molecule has 0 bridgehead atoms. The molecule has 1 unspecified atom stereocenters. The van der Waals surface area contributed by atoms with E-state index >= 15 is 0 Å². The molecule has 1 amide bonds. The first kappa shape index (κ1) is 22.6. The van der Waals surface area contributed by atoms with Crippen molar-refractivity contribution in [3.05, 3.63) is 76.1 Å². The molecule has 0 aliphatic carbocycles. The van der Waals surface area contributed by atoms with Gasteiger partial charge in [-0.15, -0.1) is 11.3 Å². The summed E-state index contributed by atoms with van der Waals surface area (Å²) in [4.78, 5) is 46.2. The number of nitrogens with zero attached hydrogens (tertiary/aromatic N) is 3. The van der Waals surface area contributed by atoms with Crippen molar-refractivity contribution in [1.82, 2.24) is 9.55 Å². The molecule has 6 nitrogen and oxygen atoms in total. The van der Waals surface area contributed by atoms with Crippen LogP contribution in [0.3, 0.4) is 0 Å².